The van der Waals surface area contributed by atoms with Crippen LogP contribution in [-0.2, 0) is 9.59 Å². The van der Waals surface area contributed by atoms with Gasteiger partial charge in [0.25, 0.3) is 0 Å². The molecule has 1 heterocycles. The first kappa shape index (κ1) is 13.9. The van der Waals surface area contributed by atoms with Crippen LogP contribution in [0.1, 0.15) is 6.42 Å². The van der Waals surface area contributed by atoms with Gasteiger partial charge >= 0.3 is 0 Å². The maximum atomic E-state index is 11.8. The molecule has 0 aromatic rings. The van der Waals surface area contributed by atoms with Crippen molar-refractivity contribution in [2.75, 3.05) is 53.4 Å². The van der Waals surface area contributed by atoms with Crippen LogP contribution in [0.15, 0.2) is 0 Å². The number of nitrogens with one attached hydrogen (secondary N) is 2. The second-order valence-electron chi connectivity index (χ2n) is 4.28. The summed E-state index contributed by atoms with van der Waals surface area (Å²) in [5.74, 6) is 0.111. The van der Waals surface area contributed by atoms with Gasteiger partial charge < -0.3 is 20.4 Å². The molecule has 6 nitrogen and oxygen atoms in total. The number of carbonyl (C=O) groups excluding carboxylic acids is 2. The molecule has 2 amide bonds. The summed E-state index contributed by atoms with van der Waals surface area (Å²) in [6.07, 6.45) is 0.409. The van der Waals surface area contributed by atoms with Crippen LogP contribution in [0.4, 0.5) is 0 Å². The largest absolute Gasteiger partial charge is 0.359 e. The van der Waals surface area contributed by atoms with E-state index in [0.29, 0.717) is 19.5 Å². The minimum atomic E-state index is -0.00968. The normalized spacial score (nSPS) is 16.9. The number of hydrogen-bond acceptors (Lipinski definition) is 4. The zero-order valence-electron chi connectivity index (χ0n) is 10.7. The van der Waals surface area contributed by atoms with Gasteiger partial charge in [0.2, 0.25) is 11.8 Å². The van der Waals surface area contributed by atoms with Gasteiger partial charge in [-0.1, -0.05) is 0 Å². The molecule has 0 spiro atoms. The van der Waals surface area contributed by atoms with Crippen molar-refractivity contribution in [1.82, 2.24) is 20.4 Å². The Balaban J connectivity index is 2.10. The summed E-state index contributed by atoms with van der Waals surface area (Å²) < 4.78 is 0. The van der Waals surface area contributed by atoms with Crippen molar-refractivity contribution in [3.8, 4) is 0 Å². The Bertz CT molecular complexity index is 262. The summed E-state index contributed by atoms with van der Waals surface area (Å²) in [4.78, 5) is 26.8. The van der Waals surface area contributed by atoms with E-state index < -0.39 is 0 Å². The average molecular weight is 242 g/mol. The van der Waals surface area contributed by atoms with Crippen LogP contribution in [0.2, 0.25) is 0 Å². The number of nitrogens with zero attached hydrogens (tertiary/aromatic N) is 2. The fraction of sp³-hybridized carbons (Fsp3) is 0.818. The molecule has 0 bridgehead atoms. The molecule has 17 heavy (non-hydrogen) atoms. The van der Waals surface area contributed by atoms with Crippen LogP contribution in [0.25, 0.3) is 0 Å². The highest BCUT2D eigenvalue weighted by atomic mass is 16.2. The highest BCUT2D eigenvalue weighted by molar-refractivity contribution is 5.78. The molecule has 0 saturated carbocycles. The minimum absolute atomic E-state index is 0.00968. The van der Waals surface area contributed by atoms with Crippen molar-refractivity contribution in [3.05, 3.63) is 0 Å². The standard InChI is InChI=1S/C11H22N4O2/c1-12-10(16)3-4-13-9-11(17)15-7-5-14(2)6-8-15/h13H,3-9H2,1-2H3,(H,12,16). The SMILES string of the molecule is CNC(=O)CCNCC(=O)N1CCN(C)CC1. The molecule has 0 aliphatic carbocycles. The molecule has 0 radical (unpaired) electrons. The van der Waals surface area contributed by atoms with Crippen LogP contribution in [0, 0.1) is 0 Å². The van der Waals surface area contributed by atoms with Crippen molar-refractivity contribution < 1.29 is 9.59 Å². The summed E-state index contributed by atoms with van der Waals surface area (Å²) in [6.45, 7) is 4.33. The fourth-order valence-electron chi connectivity index (χ4n) is 1.69. The molecule has 6 heteroatoms. The van der Waals surface area contributed by atoms with Crippen LogP contribution < -0.4 is 10.6 Å². The molecule has 1 saturated heterocycles. The molecule has 1 rings (SSSR count). The number of likely N-dealkylation sites (N-methyl/N-ethyl adjacent to an activating group) is 1. The van der Waals surface area contributed by atoms with Crippen molar-refractivity contribution in [1.29, 1.82) is 0 Å². The zero-order chi connectivity index (χ0) is 12.7. The van der Waals surface area contributed by atoms with E-state index in [4.69, 9.17) is 0 Å². The second-order valence-corrected chi connectivity index (χ2v) is 4.28. The maximum Gasteiger partial charge on any atom is 0.236 e. The van der Waals surface area contributed by atoms with Gasteiger partial charge in [-0.3, -0.25) is 9.59 Å². The molecule has 2 N–H and O–H groups in total. The second kappa shape index (κ2) is 7.24. The minimum Gasteiger partial charge on any atom is -0.359 e. The first-order chi connectivity index (χ1) is 8.13. The molecular formula is C11H22N4O2. The predicted octanol–water partition coefficient (Wildman–Crippen LogP) is -1.51. The molecule has 0 unspecified atom stereocenters. The van der Waals surface area contributed by atoms with Crippen LogP contribution in [-0.4, -0.2) is 75.0 Å². The smallest absolute Gasteiger partial charge is 0.236 e. The van der Waals surface area contributed by atoms with Gasteiger partial charge in [0, 0.05) is 46.2 Å². The number of piperazine rings is 1. The molecule has 1 aliphatic heterocycles. The maximum absolute atomic E-state index is 11.8. The number of amides is 2. The summed E-state index contributed by atoms with van der Waals surface area (Å²) in [6, 6.07) is 0. The zero-order valence-corrected chi connectivity index (χ0v) is 10.7. The highest BCUT2D eigenvalue weighted by Gasteiger charge is 2.18. The fourth-order valence-corrected chi connectivity index (χ4v) is 1.69. The van der Waals surface area contributed by atoms with Crippen molar-refractivity contribution in [2.45, 2.75) is 6.42 Å². The molecule has 1 fully saturated rings. The molecule has 0 atom stereocenters. The van der Waals surface area contributed by atoms with E-state index in [1.807, 2.05) is 4.90 Å². The van der Waals surface area contributed by atoms with Crippen molar-refractivity contribution >= 4 is 11.8 Å². The number of carbonyl (C=O) groups is 2. The Labute approximate surface area is 102 Å². The molecule has 0 aromatic carbocycles. The van der Waals surface area contributed by atoms with Gasteiger partial charge in [0.1, 0.15) is 0 Å². The van der Waals surface area contributed by atoms with Crippen molar-refractivity contribution in [2.24, 2.45) is 0 Å². The third kappa shape index (κ3) is 5.14. The van der Waals surface area contributed by atoms with Crippen LogP contribution in [0.5, 0.6) is 0 Å². The van der Waals surface area contributed by atoms with Gasteiger partial charge in [-0.25, -0.2) is 0 Å². The molecule has 98 valence electrons. The van der Waals surface area contributed by atoms with Gasteiger partial charge in [-0.15, -0.1) is 0 Å². The van der Waals surface area contributed by atoms with E-state index >= 15 is 0 Å². The molecule has 0 aromatic heterocycles. The third-order valence-corrected chi connectivity index (χ3v) is 2.94. The Morgan fingerprint density at radius 1 is 1.18 bits per heavy atom. The van der Waals surface area contributed by atoms with E-state index in [-0.39, 0.29) is 11.8 Å². The number of rotatable bonds is 5. The van der Waals surface area contributed by atoms with Crippen LogP contribution in [0.3, 0.4) is 0 Å². The lowest BCUT2D eigenvalue weighted by atomic mass is 10.3. The Hall–Kier alpha value is -1.14. The lowest BCUT2D eigenvalue weighted by Crippen LogP contribution is -2.49. The summed E-state index contributed by atoms with van der Waals surface area (Å²) in [5, 5.41) is 5.53. The lowest BCUT2D eigenvalue weighted by Gasteiger charge is -2.32. The topological polar surface area (TPSA) is 64.7 Å². The first-order valence-corrected chi connectivity index (χ1v) is 6.01. The summed E-state index contributed by atoms with van der Waals surface area (Å²) in [5.41, 5.74) is 0. The highest BCUT2D eigenvalue weighted by Crippen LogP contribution is 1.98. The first-order valence-electron chi connectivity index (χ1n) is 6.01. The molecular weight excluding hydrogens is 220 g/mol. The Morgan fingerprint density at radius 2 is 1.82 bits per heavy atom. The number of hydrogen-bond donors (Lipinski definition) is 2. The lowest BCUT2D eigenvalue weighted by molar-refractivity contribution is -0.132. The Morgan fingerprint density at radius 3 is 2.41 bits per heavy atom. The van der Waals surface area contributed by atoms with E-state index in [2.05, 4.69) is 22.6 Å². The van der Waals surface area contributed by atoms with Gasteiger partial charge in [0.15, 0.2) is 0 Å². The van der Waals surface area contributed by atoms with Gasteiger partial charge in [-0.05, 0) is 7.05 Å². The quantitative estimate of drug-likeness (QED) is 0.575. The Kier molecular flexibility index (Phi) is 5.93. The van der Waals surface area contributed by atoms with E-state index in [1.54, 1.807) is 7.05 Å². The van der Waals surface area contributed by atoms with Crippen molar-refractivity contribution in [3.63, 3.8) is 0 Å². The monoisotopic (exact) mass is 242 g/mol. The predicted molar refractivity (Wildman–Crippen MR) is 65.6 cm³/mol. The van der Waals surface area contributed by atoms with E-state index in [9.17, 15) is 9.59 Å². The average Bonchev–Trinajstić information content (AvgIpc) is 2.34. The van der Waals surface area contributed by atoms with Crippen LogP contribution >= 0.6 is 0 Å². The third-order valence-electron chi connectivity index (χ3n) is 2.94. The molecule has 1 aliphatic rings. The summed E-state index contributed by atoms with van der Waals surface area (Å²) >= 11 is 0. The van der Waals surface area contributed by atoms with E-state index in [1.165, 1.54) is 0 Å². The summed E-state index contributed by atoms with van der Waals surface area (Å²) in [7, 11) is 3.67. The van der Waals surface area contributed by atoms with E-state index in [0.717, 1.165) is 26.2 Å². The van der Waals surface area contributed by atoms with Gasteiger partial charge in [-0.2, -0.15) is 0 Å². The van der Waals surface area contributed by atoms with Gasteiger partial charge in [0.05, 0.1) is 6.54 Å².